The van der Waals surface area contributed by atoms with Crippen molar-refractivity contribution in [2.24, 2.45) is 25.9 Å². The number of fused-ring (bicyclic) bond motifs is 1. The van der Waals surface area contributed by atoms with Gasteiger partial charge in [0.15, 0.2) is 6.29 Å². The second-order valence-electron chi connectivity index (χ2n) is 7.52. The van der Waals surface area contributed by atoms with Crippen LogP contribution in [0.5, 0.6) is 0 Å². The maximum absolute atomic E-state index is 11.4. The molecule has 2 atom stereocenters. The van der Waals surface area contributed by atoms with E-state index in [0.29, 0.717) is 46.8 Å². The van der Waals surface area contributed by atoms with Crippen LogP contribution in [0.15, 0.2) is 6.20 Å². The van der Waals surface area contributed by atoms with Gasteiger partial charge >= 0.3 is 0 Å². The highest BCUT2D eigenvalue weighted by atomic mass is 35.5. The number of nitrogens with two attached hydrogens (primary N) is 1. The summed E-state index contributed by atoms with van der Waals surface area (Å²) >= 11 is 6.25. The van der Waals surface area contributed by atoms with E-state index >= 15 is 0 Å². The minimum Gasteiger partial charge on any atom is -0.383 e. The van der Waals surface area contributed by atoms with Gasteiger partial charge in [0.05, 0.1) is 28.2 Å². The highest BCUT2D eigenvalue weighted by Crippen LogP contribution is 2.57. The topological polar surface area (TPSA) is 99.0 Å². The number of nitrogen functional groups attached to an aromatic ring is 1. The van der Waals surface area contributed by atoms with Gasteiger partial charge in [-0.3, -0.25) is 14.2 Å². The first-order valence-corrected chi connectivity index (χ1v) is 8.89. The number of nitrogens with zero attached hydrogens (tertiary/aromatic N) is 4. The molecule has 0 saturated heterocycles. The summed E-state index contributed by atoms with van der Waals surface area (Å²) in [5.74, 6) is 1.39. The molecule has 2 aromatic rings. The molecule has 0 bridgehead atoms. The lowest BCUT2D eigenvalue weighted by Crippen LogP contribution is -2.26. The smallest absolute Gasteiger partial charge is 0.155 e. The number of aromatic nitrogens is 4. The molecule has 2 aliphatic rings. The third-order valence-corrected chi connectivity index (χ3v) is 6.32. The van der Waals surface area contributed by atoms with Gasteiger partial charge in [-0.15, -0.1) is 0 Å². The number of hydrogen-bond donors (Lipinski definition) is 2. The summed E-state index contributed by atoms with van der Waals surface area (Å²) in [5, 5.41) is 20.3. The van der Waals surface area contributed by atoms with E-state index in [1.807, 2.05) is 7.05 Å². The Morgan fingerprint density at radius 3 is 2.48 bits per heavy atom. The van der Waals surface area contributed by atoms with E-state index in [2.05, 4.69) is 10.2 Å². The molecular formula is C17H22ClN5O2. The molecular weight excluding hydrogens is 342 g/mol. The van der Waals surface area contributed by atoms with Crippen molar-refractivity contribution in [3.05, 3.63) is 28.2 Å². The van der Waals surface area contributed by atoms with Gasteiger partial charge in [0.1, 0.15) is 11.4 Å². The second-order valence-corrected chi connectivity index (χ2v) is 7.93. The van der Waals surface area contributed by atoms with Crippen molar-refractivity contribution >= 4 is 23.7 Å². The Labute approximate surface area is 150 Å². The van der Waals surface area contributed by atoms with E-state index in [4.69, 9.17) is 17.3 Å². The summed E-state index contributed by atoms with van der Waals surface area (Å²) in [6, 6.07) is 0. The van der Waals surface area contributed by atoms with Crippen LogP contribution < -0.4 is 5.73 Å². The molecule has 8 heteroatoms. The molecule has 2 aliphatic carbocycles. The lowest BCUT2D eigenvalue weighted by molar-refractivity contribution is 0.0264. The monoisotopic (exact) mass is 363 g/mol. The van der Waals surface area contributed by atoms with Crippen molar-refractivity contribution in [2.45, 2.75) is 37.2 Å². The van der Waals surface area contributed by atoms with Crippen molar-refractivity contribution in [2.75, 3.05) is 5.73 Å². The van der Waals surface area contributed by atoms with E-state index in [1.54, 1.807) is 22.6 Å². The quantitative estimate of drug-likeness (QED) is 0.812. The number of aliphatic hydroxyl groups is 1. The fraction of sp³-hybridized carbons (Fsp3) is 0.588. The number of halogens is 1. The van der Waals surface area contributed by atoms with Crippen LogP contribution in [0.3, 0.4) is 0 Å². The van der Waals surface area contributed by atoms with Gasteiger partial charge in [0.25, 0.3) is 0 Å². The van der Waals surface area contributed by atoms with Crippen LogP contribution in [0, 0.1) is 11.8 Å². The van der Waals surface area contributed by atoms with E-state index in [-0.39, 0.29) is 5.92 Å². The number of aldehydes is 1. The summed E-state index contributed by atoms with van der Waals surface area (Å²) in [5.41, 5.74) is 7.03. The summed E-state index contributed by atoms with van der Waals surface area (Å²) in [7, 11) is 3.56. The Hall–Kier alpha value is -1.86. The van der Waals surface area contributed by atoms with Gasteiger partial charge in [-0.2, -0.15) is 10.2 Å². The molecule has 25 heavy (non-hydrogen) atoms. The Balaban J connectivity index is 1.57. The molecule has 0 amide bonds. The molecule has 2 fully saturated rings. The number of anilines is 1. The fourth-order valence-corrected chi connectivity index (χ4v) is 5.35. The van der Waals surface area contributed by atoms with E-state index in [1.165, 1.54) is 0 Å². The Kier molecular flexibility index (Phi) is 3.70. The van der Waals surface area contributed by atoms with Gasteiger partial charge in [-0.1, -0.05) is 11.6 Å². The lowest BCUT2D eigenvalue weighted by Gasteiger charge is -2.25. The minimum atomic E-state index is -0.931. The molecule has 0 aromatic carbocycles. The highest BCUT2D eigenvalue weighted by molar-refractivity contribution is 6.31. The predicted molar refractivity (Wildman–Crippen MR) is 93.3 cm³/mol. The van der Waals surface area contributed by atoms with Crippen LogP contribution in [0.1, 0.15) is 53.3 Å². The number of carbonyl (C=O) groups is 1. The third-order valence-electron chi connectivity index (χ3n) is 6.04. The van der Waals surface area contributed by atoms with Gasteiger partial charge < -0.3 is 10.8 Å². The van der Waals surface area contributed by atoms with Crippen molar-refractivity contribution in [3.8, 4) is 0 Å². The number of carbonyl (C=O) groups excluding carboxylic acids is 1. The molecule has 2 unspecified atom stereocenters. The third kappa shape index (κ3) is 2.40. The number of aryl methyl sites for hydroxylation is 2. The average Bonchev–Trinajstić information content (AvgIpc) is 3.23. The fourth-order valence-electron chi connectivity index (χ4n) is 5.01. The molecule has 2 heterocycles. The van der Waals surface area contributed by atoms with Crippen LogP contribution in [0.25, 0.3) is 0 Å². The van der Waals surface area contributed by atoms with Crippen molar-refractivity contribution in [1.29, 1.82) is 0 Å². The van der Waals surface area contributed by atoms with E-state index in [9.17, 15) is 9.90 Å². The molecule has 0 spiro atoms. The van der Waals surface area contributed by atoms with Crippen LogP contribution in [-0.2, 0) is 19.7 Å². The molecule has 2 aromatic heterocycles. The molecule has 0 aliphatic heterocycles. The van der Waals surface area contributed by atoms with Crippen LogP contribution in [0.4, 0.5) is 5.82 Å². The minimum absolute atomic E-state index is 0.213. The normalized spacial score (nSPS) is 31.4. The molecule has 134 valence electrons. The van der Waals surface area contributed by atoms with Gasteiger partial charge in [0.2, 0.25) is 0 Å². The summed E-state index contributed by atoms with van der Waals surface area (Å²) < 4.78 is 3.24. The predicted octanol–water partition coefficient (Wildman–Crippen LogP) is 1.99. The zero-order chi connectivity index (χ0) is 17.9. The highest BCUT2D eigenvalue weighted by Gasteiger charge is 2.52. The van der Waals surface area contributed by atoms with Crippen molar-refractivity contribution in [3.63, 3.8) is 0 Å². The van der Waals surface area contributed by atoms with Crippen molar-refractivity contribution in [1.82, 2.24) is 19.6 Å². The largest absolute Gasteiger partial charge is 0.383 e. The first kappa shape index (κ1) is 16.6. The molecule has 3 N–H and O–H groups in total. The van der Waals surface area contributed by atoms with Crippen LogP contribution in [0.2, 0.25) is 5.02 Å². The summed E-state index contributed by atoms with van der Waals surface area (Å²) in [6.07, 6.45) is 5.51. The van der Waals surface area contributed by atoms with Crippen LogP contribution >= 0.6 is 11.6 Å². The standard InChI is InChI=1S/C17H22ClN5O2/c1-22-15(13(18)7-20-22)17(25)5-10-3-9(4-11(10)6-17)14-12(8-24)16(19)23(2)21-14/h7-11,25H,3-6,19H2,1-2H3. The molecule has 0 radical (unpaired) electrons. The number of hydrogen-bond acceptors (Lipinski definition) is 5. The zero-order valence-electron chi connectivity index (χ0n) is 14.3. The molecule has 7 nitrogen and oxygen atoms in total. The van der Waals surface area contributed by atoms with Gasteiger partial charge in [0, 0.05) is 20.0 Å². The molecule has 4 rings (SSSR count). The Morgan fingerprint density at radius 2 is 1.96 bits per heavy atom. The maximum Gasteiger partial charge on any atom is 0.155 e. The van der Waals surface area contributed by atoms with Gasteiger partial charge in [-0.25, -0.2) is 0 Å². The van der Waals surface area contributed by atoms with E-state index in [0.717, 1.165) is 24.8 Å². The zero-order valence-corrected chi connectivity index (χ0v) is 15.1. The average molecular weight is 364 g/mol. The Bertz CT molecular complexity index is 809. The van der Waals surface area contributed by atoms with Crippen molar-refractivity contribution < 1.29 is 9.90 Å². The second kappa shape index (κ2) is 5.57. The first-order valence-electron chi connectivity index (χ1n) is 8.52. The molecule has 2 saturated carbocycles. The Morgan fingerprint density at radius 1 is 1.32 bits per heavy atom. The summed E-state index contributed by atoms with van der Waals surface area (Å²) in [4.78, 5) is 11.4. The van der Waals surface area contributed by atoms with Gasteiger partial charge in [-0.05, 0) is 37.5 Å². The number of rotatable bonds is 3. The SMILES string of the molecule is Cn1nc(C2CC3CC(O)(c4c(Cl)cnn4C)CC3C2)c(C=O)c1N. The van der Waals surface area contributed by atoms with Crippen LogP contribution in [-0.4, -0.2) is 31.0 Å². The first-order chi connectivity index (χ1) is 11.8. The lowest BCUT2D eigenvalue weighted by atomic mass is 9.90. The summed E-state index contributed by atoms with van der Waals surface area (Å²) in [6.45, 7) is 0. The van der Waals surface area contributed by atoms with E-state index < -0.39 is 5.60 Å². The maximum atomic E-state index is 11.4.